The summed E-state index contributed by atoms with van der Waals surface area (Å²) < 4.78 is 0. The molecule has 0 saturated carbocycles. The lowest BCUT2D eigenvalue weighted by Gasteiger charge is -2.09. The predicted octanol–water partition coefficient (Wildman–Crippen LogP) is 3.28. The Labute approximate surface area is 123 Å². The summed E-state index contributed by atoms with van der Waals surface area (Å²) in [5.41, 5.74) is 15.8. The number of thioether (sulfide) groups is 1. The van der Waals surface area contributed by atoms with Gasteiger partial charge < -0.3 is 11.5 Å². The first-order valence-corrected chi connectivity index (χ1v) is 7.34. The van der Waals surface area contributed by atoms with Gasteiger partial charge in [-0.25, -0.2) is 0 Å². The number of anilines is 1. The van der Waals surface area contributed by atoms with Gasteiger partial charge in [0.25, 0.3) is 0 Å². The Balaban J connectivity index is 2.13. The molecule has 4 heteroatoms. The molecule has 0 atom stereocenters. The minimum absolute atomic E-state index is 0.447. The third-order valence-corrected chi connectivity index (χ3v) is 4.37. The number of nitrogen functional groups attached to an aromatic ring is 1. The zero-order valence-electron chi connectivity index (χ0n) is 11.6. The van der Waals surface area contributed by atoms with Crippen LogP contribution in [-0.4, -0.2) is 5.91 Å². The number of benzene rings is 2. The molecule has 0 saturated heterocycles. The predicted molar refractivity (Wildman–Crippen MR) is 84.8 cm³/mol. The summed E-state index contributed by atoms with van der Waals surface area (Å²) in [6, 6.07) is 11.6. The molecular weight excluding hydrogens is 268 g/mol. The van der Waals surface area contributed by atoms with Gasteiger partial charge in [-0.2, -0.15) is 0 Å². The van der Waals surface area contributed by atoms with Crippen LogP contribution in [0.4, 0.5) is 5.69 Å². The molecule has 0 aliphatic heterocycles. The smallest absolute Gasteiger partial charge is 0.248 e. The van der Waals surface area contributed by atoms with Gasteiger partial charge in [-0.15, -0.1) is 11.8 Å². The van der Waals surface area contributed by atoms with Crippen molar-refractivity contribution in [2.45, 2.75) is 24.5 Å². The summed E-state index contributed by atoms with van der Waals surface area (Å²) in [6.45, 7) is 4.19. The number of hydrogen-bond donors (Lipinski definition) is 2. The molecule has 0 heterocycles. The van der Waals surface area contributed by atoms with Crippen LogP contribution in [0, 0.1) is 13.8 Å². The number of amides is 1. The highest BCUT2D eigenvalue weighted by molar-refractivity contribution is 7.98. The van der Waals surface area contributed by atoms with Crippen LogP contribution in [0.25, 0.3) is 0 Å². The largest absolute Gasteiger partial charge is 0.398 e. The second-order valence-electron chi connectivity index (χ2n) is 4.84. The van der Waals surface area contributed by atoms with Gasteiger partial charge in [0.1, 0.15) is 0 Å². The molecule has 0 unspecified atom stereocenters. The van der Waals surface area contributed by atoms with Crippen LogP contribution in [-0.2, 0) is 5.75 Å². The maximum atomic E-state index is 11.1. The van der Waals surface area contributed by atoms with Gasteiger partial charge in [0, 0.05) is 21.9 Å². The van der Waals surface area contributed by atoms with E-state index in [1.807, 2.05) is 6.07 Å². The Morgan fingerprint density at radius 1 is 1.15 bits per heavy atom. The first-order chi connectivity index (χ1) is 9.47. The summed E-state index contributed by atoms with van der Waals surface area (Å²) in [6.07, 6.45) is 0. The van der Waals surface area contributed by atoms with Crippen LogP contribution in [0.2, 0.25) is 0 Å². The summed E-state index contributed by atoms with van der Waals surface area (Å²) in [5.74, 6) is 0.319. The Morgan fingerprint density at radius 3 is 2.50 bits per heavy atom. The second kappa shape index (κ2) is 6.01. The number of nitrogens with two attached hydrogens (primary N) is 2. The zero-order chi connectivity index (χ0) is 14.7. The van der Waals surface area contributed by atoms with Gasteiger partial charge in [-0.1, -0.05) is 23.8 Å². The van der Waals surface area contributed by atoms with Crippen molar-refractivity contribution in [3.8, 4) is 0 Å². The fourth-order valence-corrected chi connectivity index (χ4v) is 3.02. The highest BCUT2D eigenvalue weighted by Gasteiger charge is 2.06. The number of carbonyl (C=O) groups excluding carboxylic acids is 1. The third kappa shape index (κ3) is 3.33. The molecule has 4 N–H and O–H groups in total. The Kier molecular flexibility index (Phi) is 4.35. The van der Waals surface area contributed by atoms with Gasteiger partial charge >= 0.3 is 0 Å². The Hall–Kier alpha value is -1.94. The molecule has 0 aliphatic carbocycles. The molecule has 2 aromatic carbocycles. The van der Waals surface area contributed by atoms with E-state index in [9.17, 15) is 4.79 Å². The summed E-state index contributed by atoms with van der Waals surface area (Å²) in [5, 5.41) is 0. The quantitative estimate of drug-likeness (QED) is 0.669. The highest BCUT2D eigenvalue weighted by Crippen LogP contribution is 2.28. The fraction of sp³-hybridized carbons (Fsp3) is 0.188. The lowest BCUT2D eigenvalue weighted by Crippen LogP contribution is -2.11. The van der Waals surface area contributed by atoms with E-state index < -0.39 is 5.91 Å². The van der Waals surface area contributed by atoms with Gasteiger partial charge in [0.15, 0.2) is 0 Å². The molecule has 0 fully saturated rings. The van der Waals surface area contributed by atoms with Crippen molar-refractivity contribution in [1.82, 2.24) is 0 Å². The fourth-order valence-electron chi connectivity index (χ4n) is 2.00. The summed E-state index contributed by atoms with van der Waals surface area (Å²) in [7, 11) is 0. The van der Waals surface area contributed by atoms with Gasteiger partial charge in [0.05, 0.1) is 0 Å². The van der Waals surface area contributed by atoms with Crippen molar-refractivity contribution in [2.24, 2.45) is 5.73 Å². The number of primary amides is 1. The molecule has 104 valence electrons. The third-order valence-electron chi connectivity index (χ3n) is 3.14. The highest BCUT2D eigenvalue weighted by atomic mass is 32.2. The minimum Gasteiger partial charge on any atom is -0.398 e. The van der Waals surface area contributed by atoms with Crippen LogP contribution in [0.15, 0.2) is 41.3 Å². The molecule has 0 aromatic heterocycles. The maximum absolute atomic E-state index is 11.1. The topological polar surface area (TPSA) is 69.1 Å². The van der Waals surface area contributed by atoms with Crippen LogP contribution >= 0.6 is 11.8 Å². The van der Waals surface area contributed by atoms with Crippen LogP contribution < -0.4 is 11.5 Å². The van der Waals surface area contributed by atoms with Crippen molar-refractivity contribution >= 4 is 23.4 Å². The van der Waals surface area contributed by atoms with Crippen LogP contribution in [0.5, 0.6) is 0 Å². The van der Waals surface area contributed by atoms with E-state index in [1.165, 1.54) is 16.0 Å². The minimum atomic E-state index is -0.453. The first-order valence-electron chi connectivity index (χ1n) is 6.35. The first kappa shape index (κ1) is 14.5. The van der Waals surface area contributed by atoms with E-state index in [-0.39, 0.29) is 0 Å². The number of rotatable bonds is 4. The molecule has 2 aromatic rings. The average Bonchev–Trinajstić information content (AvgIpc) is 2.38. The van der Waals surface area contributed by atoms with Gasteiger partial charge in [0.2, 0.25) is 5.91 Å². The average molecular weight is 286 g/mol. The number of hydrogen-bond acceptors (Lipinski definition) is 3. The van der Waals surface area contributed by atoms with Gasteiger partial charge in [-0.05, 0) is 43.2 Å². The molecule has 0 radical (unpaired) electrons. The number of aryl methyl sites for hydroxylation is 2. The molecule has 0 spiro atoms. The van der Waals surface area contributed by atoms with E-state index in [0.717, 1.165) is 11.3 Å². The van der Waals surface area contributed by atoms with E-state index in [0.29, 0.717) is 11.3 Å². The Bertz CT molecular complexity index is 653. The van der Waals surface area contributed by atoms with Crippen LogP contribution in [0.1, 0.15) is 27.0 Å². The molecular formula is C16H18N2OS. The maximum Gasteiger partial charge on any atom is 0.248 e. The molecule has 20 heavy (non-hydrogen) atoms. The molecule has 0 bridgehead atoms. The number of carbonyl (C=O) groups is 1. The lowest BCUT2D eigenvalue weighted by atomic mass is 10.1. The van der Waals surface area contributed by atoms with Crippen LogP contribution in [0.3, 0.4) is 0 Å². The lowest BCUT2D eigenvalue weighted by molar-refractivity contribution is 0.100. The monoisotopic (exact) mass is 286 g/mol. The van der Waals surface area contributed by atoms with Gasteiger partial charge in [-0.3, -0.25) is 4.79 Å². The van der Waals surface area contributed by atoms with E-state index >= 15 is 0 Å². The van der Waals surface area contributed by atoms with E-state index in [2.05, 4.69) is 32.0 Å². The van der Waals surface area contributed by atoms with Crippen molar-refractivity contribution in [2.75, 3.05) is 5.73 Å². The standard InChI is InChI=1S/C16H18N2OS/c1-10-3-6-15(11(2)7-10)20-9-13-5-4-12(16(18)19)8-14(13)17/h3-8H,9,17H2,1-2H3,(H2,18,19). The summed E-state index contributed by atoms with van der Waals surface area (Å²) >= 11 is 1.74. The molecule has 0 aliphatic rings. The van der Waals surface area contributed by atoms with E-state index in [1.54, 1.807) is 23.9 Å². The Morgan fingerprint density at radius 2 is 1.90 bits per heavy atom. The second-order valence-corrected chi connectivity index (χ2v) is 5.85. The van der Waals surface area contributed by atoms with Crippen molar-refractivity contribution in [3.63, 3.8) is 0 Å². The van der Waals surface area contributed by atoms with Crippen molar-refractivity contribution in [3.05, 3.63) is 58.7 Å². The SMILES string of the molecule is Cc1ccc(SCc2ccc(C(N)=O)cc2N)c(C)c1. The van der Waals surface area contributed by atoms with Crippen molar-refractivity contribution in [1.29, 1.82) is 0 Å². The summed E-state index contributed by atoms with van der Waals surface area (Å²) in [4.78, 5) is 12.3. The van der Waals surface area contributed by atoms with Crippen molar-refractivity contribution < 1.29 is 4.79 Å². The molecule has 3 nitrogen and oxygen atoms in total. The zero-order valence-corrected chi connectivity index (χ0v) is 12.5. The molecule has 2 rings (SSSR count). The van der Waals surface area contributed by atoms with E-state index in [4.69, 9.17) is 11.5 Å². The molecule has 1 amide bonds. The normalized spacial score (nSPS) is 10.5.